The van der Waals surface area contributed by atoms with E-state index in [-0.39, 0.29) is 16.2 Å². The molecule has 0 aliphatic rings. The van der Waals surface area contributed by atoms with Crippen LogP contribution >= 0.6 is 0 Å². The van der Waals surface area contributed by atoms with Crippen LogP contribution in [-0.2, 0) is 16.2 Å². The molecule has 0 spiro atoms. The summed E-state index contributed by atoms with van der Waals surface area (Å²) in [5.74, 6) is 0. The summed E-state index contributed by atoms with van der Waals surface area (Å²) in [5.41, 5.74) is 5.15. The molecule has 0 heteroatoms. The fraction of sp³-hybridized carbons (Fsp3) is 0.700. The van der Waals surface area contributed by atoms with Gasteiger partial charge in [-0.25, -0.2) is 0 Å². The maximum absolute atomic E-state index is 2.45. The van der Waals surface area contributed by atoms with Crippen LogP contribution in [0.1, 0.15) is 91.8 Å². The molecule has 0 unspecified atom stereocenters. The summed E-state index contributed by atoms with van der Waals surface area (Å²) in [5, 5.41) is 0. The predicted octanol–water partition coefficient (Wildman–Crippen LogP) is 6.36. The monoisotopic (exact) mass is 274 g/mol. The standard InChI is InChI=1S/C20H34/c1-10-19(6,7)16-12-15(18(3,4)5)13-17(14-16)20(8,9)11-2/h12-14H,10-11H2,1-9H3. The minimum Gasteiger partial charge on any atom is -0.0646 e. The van der Waals surface area contributed by atoms with Crippen molar-refractivity contribution in [2.75, 3.05) is 0 Å². The largest absolute Gasteiger partial charge is 0.0646 e. The lowest BCUT2D eigenvalue weighted by atomic mass is 9.73. The molecule has 114 valence electrons. The molecule has 0 fully saturated rings. The molecule has 0 aliphatic carbocycles. The van der Waals surface area contributed by atoms with Gasteiger partial charge in [0.05, 0.1) is 0 Å². The molecule has 0 heterocycles. The second-order valence-electron chi connectivity index (χ2n) is 8.52. The van der Waals surface area contributed by atoms with Gasteiger partial charge in [-0.3, -0.25) is 0 Å². The van der Waals surface area contributed by atoms with E-state index in [1.807, 2.05) is 0 Å². The van der Waals surface area contributed by atoms with E-state index in [0.29, 0.717) is 0 Å². The van der Waals surface area contributed by atoms with E-state index in [1.165, 1.54) is 29.5 Å². The Morgan fingerprint density at radius 1 is 0.600 bits per heavy atom. The van der Waals surface area contributed by atoms with Crippen molar-refractivity contribution in [3.05, 3.63) is 34.9 Å². The van der Waals surface area contributed by atoms with Crippen LogP contribution in [0, 0.1) is 0 Å². The van der Waals surface area contributed by atoms with Crippen LogP contribution in [0.5, 0.6) is 0 Å². The molecule has 1 aromatic rings. The van der Waals surface area contributed by atoms with E-state index < -0.39 is 0 Å². The zero-order valence-electron chi connectivity index (χ0n) is 15.1. The quantitative estimate of drug-likeness (QED) is 0.599. The minimum absolute atomic E-state index is 0.207. The lowest BCUT2D eigenvalue weighted by Gasteiger charge is -2.32. The number of hydrogen-bond donors (Lipinski definition) is 0. The third-order valence-corrected chi connectivity index (χ3v) is 5.13. The fourth-order valence-electron chi connectivity index (χ4n) is 2.25. The summed E-state index contributed by atoms with van der Waals surface area (Å²) in [6.07, 6.45) is 2.35. The average Bonchev–Trinajstić information content (AvgIpc) is 2.37. The Labute approximate surface area is 127 Å². The van der Waals surface area contributed by atoms with Crippen LogP contribution in [0.15, 0.2) is 18.2 Å². The van der Waals surface area contributed by atoms with Gasteiger partial charge in [0.2, 0.25) is 0 Å². The highest BCUT2D eigenvalue weighted by Gasteiger charge is 2.26. The Balaban J connectivity index is 3.52. The summed E-state index contributed by atoms with van der Waals surface area (Å²) in [6.45, 7) is 20.9. The Morgan fingerprint density at radius 2 is 0.900 bits per heavy atom. The van der Waals surface area contributed by atoms with Gasteiger partial charge in [-0.1, -0.05) is 80.5 Å². The van der Waals surface area contributed by atoms with Gasteiger partial charge in [0, 0.05) is 0 Å². The van der Waals surface area contributed by atoms with E-state index in [0.717, 1.165) is 0 Å². The number of hydrogen-bond acceptors (Lipinski definition) is 0. The molecule has 0 saturated heterocycles. The van der Waals surface area contributed by atoms with Crippen molar-refractivity contribution in [3.63, 3.8) is 0 Å². The second-order valence-corrected chi connectivity index (χ2v) is 8.52. The fourth-order valence-corrected chi connectivity index (χ4v) is 2.25. The number of benzene rings is 1. The van der Waals surface area contributed by atoms with Crippen molar-refractivity contribution in [2.24, 2.45) is 0 Å². The molecule has 0 aliphatic heterocycles. The van der Waals surface area contributed by atoms with Gasteiger partial charge in [0.1, 0.15) is 0 Å². The van der Waals surface area contributed by atoms with Crippen LogP contribution in [0.2, 0.25) is 0 Å². The number of rotatable bonds is 4. The molecule has 0 nitrogen and oxygen atoms in total. The molecule has 0 N–H and O–H groups in total. The van der Waals surface area contributed by atoms with Gasteiger partial charge in [-0.05, 0) is 45.8 Å². The molecule has 1 aromatic carbocycles. The highest BCUT2D eigenvalue weighted by atomic mass is 14.3. The SMILES string of the molecule is CCC(C)(C)c1cc(C(C)(C)C)cc(C(C)(C)CC)c1. The molecule has 0 radical (unpaired) electrons. The predicted molar refractivity (Wildman–Crippen MR) is 91.8 cm³/mol. The topological polar surface area (TPSA) is 0 Å². The van der Waals surface area contributed by atoms with E-state index >= 15 is 0 Å². The van der Waals surface area contributed by atoms with Gasteiger partial charge < -0.3 is 0 Å². The second kappa shape index (κ2) is 5.54. The first kappa shape index (κ1) is 17.3. The Hall–Kier alpha value is -0.780. The zero-order chi connectivity index (χ0) is 15.8. The molecule has 0 amide bonds. The highest BCUT2D eigenvalue weighted by molar-refractivity contribution is 5.40. The molecule has 0 saturated carbocycles. The van der Waals surface area contributed by atoms with Gasteiger partial charge in [-0.15, -0.1) is 0 Å². The lowest BCUT2D eigenvalue weighted by Crippen LogP contribution is -2.23. The summed E-state index contributed by atoms with van der Waals surface area (Å²) in [7, 11) is 0. The first-order valence-electron chi connectivity index (χ1n) is 8.10. The van der Waals surface area contributed by atoms with Gasteiger partial charge in [-0.2, -0.15) is 0 Å². The molecule has 1 rings (SSSR count). The van der Waals surface area contributed by atoms with E-state index in [2.05, 4.69) is 80.5 Å². The maximum Gasteiger partial charge on any atom is -0.0106 e. The van der Waals surface area contributed by atoms with Crippen LogP contribution in [0.4, 0.5) is 0 Å². The van der Waals surface area contributed by atoms with Crippen molar-refractivity contribution in [3.8, 4) is 0 Å². The molecule has 20 heavy (non-hydrogen) atoms. The van der Waals surface area contributed by atoms with Crippen molar-refractivity contribution in [2.45, 2.75) is 91.4 Å². The van der Waals surface area contributed by atoms with Crippen LogP contribution in [0.3, 0.4) is 0 Å². The molecule has 0 aromatic heterocycles. The Bertz CT molecular complexity index is 421. The van der Waals surface area contributed by atoms with E-state index in [9.17, 15) is 0 Å². The van der Waals surface area contributed by atoms with E-state index in [1.54, 1.807) is 0 Å². The third-order valence-electron chi connectivity index (χ3n) is 5.13. The first-order chi connectivity index (χ1) is 8.94. The van der Waals surface area contributed by atoms with Gasteiger partial charge >= 0.3 is 0 Å². The summed E-state index contributed by atoms with van der Waals surface area (Å²) >= 11 is 0. The minimum atomic E-state index is 0.207. The van der Waals surface area contributed by atoms with Crippen molar-refractivity contribution in [1.82, 2.24) is 0 Å². The van der Waals surface area contributed by atoms with E-state index in [4.69, 9.17) is 0 Å². The summed E-state index contributed by atoms with van der Waals surface area (Å²) in [6, 6.07) is 7.31. The summed E-state index contributed by atoms with van der Waals surface area (Å²) in [4.78, 5) is 0. The van der Waals surface area contributed by atoms with Crippen molar-refractivity contribution in [1.29, 1.82) is 0 Å². The smallest absolute Gasteiger partial charge is 0.0106 e. The molecular formula is C20H34. The van der Waals surface area contributed by atoms with Crippen LogP contribution in [-0.4, -0.2) is 0 Å². The van der Waals surface area contributed by atoms with Gasteiger partial charge in [0.25, 0.3) is 0 Å². The first-order valence-corrected chi connectivity index (χ1v) is 8.10. The highest BCUT2D eigenvalue weighted by Crippen LogP contribution is 2.36. The normalized spacial score (nSPS) is 13.7. The third kappa shape index (κ3) is 3.65. The van der Waals surface area contributed by atoms with Crippen LogP contribution in [0.25, 0.3) is 0 Å². The van der Waals surface area contributed by atoms with Crippen LogP contribution < -0.4 is 0 Å². The van der Waals surface area contributed by atoms with Gasteiger partial charge in [0.15, 0.2) is 0 Å². The van der Waals surface area contributed by atoms with Crippen molar-refractivity contribution >= 4 is 0 Å². The molecule has 0 atom stereocenters. The lowest BCUT2D eigenvalue weighted by molar-refractivity contribution is 0.482. The Kier molecular flexibility index (Phi) is 4.79. The maximum atomic E-state index is 2.45. The average molecular weight is 274 g/mol. The summed E-state index contributed by atoms with van der Waals surface area (Å²) < 4.78 is 0. The molecular weight excluding hydrogens is 240 g/mol. The Morgan fingerprint density at radius 3 is 1.15 bits per heavy atom. The van der Waals surface area contributed by atoms with Crippen molar-refractivity contribution < 1.29 is 0 Å². The zero-order valence-corrected chi connectivity index (χ0v) is 15.1. The molecule has 0 bridgehead atoms.